The Bertz CT molecular complexity index is 749. The number of benzene rings is 1. The molecule has 1 N–H and O–H groups in total. The van der Waals surface area contributed by atoms with Crippen LogP contribution in [0.2, 0.25) is 0 Å². The zero-order valence-electron chi connectivity index (χ0n) is 15.7. The number of urea groups is 1. The number of amides is 5. The van der Waals surface area contributed by atoms with Gasteiger partial charge in [0.05, 0.1) is 6.04 Å². The molecular weight excluding hydrogens is 346 g/mol. The molecule has 5 amide bonds. The minimum absolute atomic E-state index is 0.159. The SMILES string of the molecule is C[C@H](NC(=O)CN1C(=O)C(=O)N([C@@H]2CCCC[C@@H]2C)C1=O)c1ccccc1. The summed E-state index contributed by atoms with van der Waals surface area (Å²) >= 11 is 0. The predicted molar refractivity (Wildman–Crippen MR) is 98.4 cm³/mol. The van der Waals surface area contributed by atoms with Gasteiger partial charge in [-0.2, -0.15) is 0 Å². The van der Waals surface area contributed by atoms with Gasteiger partial charge in [-0.05, 0) is 31.2 Å². The van der Waals surface area contributed by atoms with Crippen LogP contribution in [0.1, 0.15) is 51.1 Å². The number of rotatable bonds is 5. The highest BCUT2D eigenvalue weighted by Gasteiger charge is 2.49. The van der Waals surface area contributed by atoms with Gasteiger partial charge < -0.3 is 5.32 Å². The first-order chi connectivity index (χ1) is 12.9. The average molecular weight is 371 g/mol. The smallest absolute Gasteiger partial charge is 0.334 e. The van der Waals surface area contributed by atoms with Crippen LogP contribution in [-0.2, 0) is 14.4 Å². The second-order valence-electron chi connectivity index (χ2n) is 7.38. The van der Waals surface area contributed by atoms with Gasteiger partial charge in [0.25, 0.3) is 0 Å². The first-order valence-corrected chi connectivity index (χ1v) is 9.43. The molecule has 1 saturated carbocycles. The summed E-state index contributed by atoms with van der Waals surface area (Å²) in [5, 5.41) is 2.77. The molecule has 144 valence electrons. The monoisotopic (exact) mass is 371 g/mol. The van der Waals surface area contributed by atoms with Crippen molar-refractivity contribution in [2.24, 2.45) is 5.92 Å². The van der Waals surface area contributed by atoms with Gasteiger partial charge in [0.2, 0.25) is 5.91 Å². The molecule has 1 saturated heterocycles. The third-order valence-electron chi connectivity index (χ3n) is 5.46. The Balaban J connectivity index is 1.66. The van der Waals surface area contributed by atoms with E-state index in [2.05, 4.69) is 5.32 Å². The predicted octanol–water partition coefficient (Wildman–Crippen LogP) is 2.23. The van der Waals surface area contributed by atoms with E-state index < -0.39 is 30.3 Å². The van der Waals surface area contributed by atoms with Gasteiger partial charge in [0, 0.05) is 6.04 Å². The Morgan fingerprint density at radius 1 is 1.11 bits per heavy atom. The van der Waals surface area contributed by atoms with Crippen molar-refractivity contribution >= 4 is 23.8 Å². The van der Waals surface area contributed by atoms with E-state index in [4.69, 9.17) is 0 Å². The molecular formula is C20H25N3O4. The third-order valence-corrected chi connectivity index (χ3v) is 5.46. The fraction of sp³-hybridized carbons (Fsp3) is 0.500. The molecule has 0 unspecified atom stereocenters. The van der Waals surface area contributed by atoms with Gasteiger partial charge in [0.1, 0.15) is 6.54 Å². The van der Waals surface area contributed by atoms with E-state index in [1.165, 1.54) is 0 Å². The first kappa shape index (κ1) is 19.1. The van der Waals surface area contributed by atoms with Gasteiger partial charge >= 0.3 is 17.8 Å². The number of hydrogen-bond acceptors (Lipinski definition) is 4. The molecule has 1 aromatic rings. The Labute approximate surface area is 158 Å². The second-order valence-corrected chi connectivity index (χ2v) is 7.38. The van der Waals surface area contributed by atoms with E-state index in [9.17, 15) is 19.2 Å². The summed E-state index contributed by atoms with van der Waals surface area (Å²) < 4.78 is 0. The van der Waals surface area contributed by atoms with Crippen molar-refractivity contribution in [2.45, 2.75) is 51.6 Å². The maximum atomic E-state index is 12.7. The van der Waals surface area contributed by atoms with Crippen LogP contribution in [0.4, 0.5) is 4.79 Å². The summed E-state index contributed by atoms with van der Waals surface area (Å²) in [4.78, 5) is 51.5. The maximum absolute atomic E-state index is 12.7. The van der Waals surface area contributed by atoms with Crippen LogP contribution in [0.5, 0.6) is 0 Å². The van der Waals surface area contributed by atoms with Crippen molar-refractivity contribution in [1.82, 2.24) is 15.1 Å². The van der Waals surface area contributed by atoms with Crippen LogP contribution in [0.25, 0.3) is 0 Å². The molecule has 0 radical (unpaired) electrons. The van der Waals surface area contributed by atoms with Gasteiger partial charge in [-0.15, -0.1) is 0 Å². The highest BCUT2D eigenvalue weighted by atomic mass is 16.2. The molecule has 0 spiro atoms. The molecule has 1 aromatic carbocycles. The van der Waals surface area contributed by atoms with Gasteiger partial charge in [-0.25, -0.2) is 9.69 Å². The Hall–Kier alpha value is -2.70. The molecule has 2 fully saturated rings. The van der Waals surface area contributed by atoms with E-state index in [1.54, 1.807) is 0 Å². The molecule has 27 heavy (non-hydrogen) atoms. The minimum atomic E-state index is -0.916. The minimum Gasteiger partial charge on any atom is -0.348 e. The fourth-order valence-corrected chi connectivity index (χ4v) is 3.89. The number of imide groups is 2. The van der Waals surface area contributed by atoms with Crippen molar-refractivity contribution in [3.05, 3.63) is 35.9 Å². The molecule has 7 heteroatoms. The summed E-state index contributed by atoms with van der Waals surface area (Å²) in [6.07, 6.45) is 3.61. The molecule has 0 bridgehead atoms. The number of hydrogen-bond donors (Lipinski definition) is 1. The lowest BCUT2D eigenvalue weighted by molar-refractivity contribution is -0.145. The third kappa shape index (κ3) is 3.86. The van der Waals surface area contributed by atoms with Crippen molar-refractivity contribution in [3.8, 4) is 0 Å². The van der Waals surface area contributed by atoms with Crippen LogP contribution >= 0.6 is 0 Å². The van der Waals surface area contributed by atoms with Gasteiger partial charge in [-0.3, -0.25) is 19.3 Å². The number of nitrogens with zero attached hydrogens (tertiary/aromatic N) is 2. The molecule has 1 aliphatic heterocycles. The summed E-state index contributed by atoms with van der Waals surface area (Å²) in [5.41, 5.74) is 0.915. The number of carbonyl (C=O) groups is 4. The lowest BCUT2D eigenvalue weighted by atomic mass is 9.85. The van der Waals surface area contributed by atoms with Gasteiger partial charge in [-0.1, -0.05) is 50.1 Å². The molecule has 1 aliphatic carbocycles. The first-order valence-electron chi connectivity index (χ1n) is 9.43. The second kappa shape index (κ2) is 7.90. The highest BCUT2D eigenvalue weighted by Crippen LogP contribution is 2.31. The molecule has 2 aliphatic rings. The lowest BCUT2D eigenvalue weighted by Gasteiger charge is -2.34. The van der Waals surface area contributed by atoms with Gasteiger partial charge in [0.15, 0.2) is 0 Å². The lowest BCUT2D eigenvalue weighted by Crippen LogP contribution is -2.47. The normalized spacial score (nSPS) is 24.3. The van der Waals surface area contributed by atoms with Crippen LogP contribution in [0.15, 0.2) is 30.3 Å². The standard InChI is InChI=1S/C20H25N3O4/c1-13-8-6-7-11-16(13)23-19(26)18(25)22(20(23)27)12-17(24)21-14(2)15-9-4-3-5-10-15/h3-5,9-10,13-14,16H,6-8,11-12H2,1-2H3,(H,21,24)/t13-,14-,16+/m0/s1. The molecule has 3 atom stereocenters. The summed E-state index contributed by atoms with van der Waals surface area (Å²) in [6, 6.07) is 8.17. The average Bonchev–Trinajstić information content (AvgIpc) is 2.86. The summed E-state index contributed by atoms with van der Waals surface area (Å²) in [6.45, 7) is 3.37. The Morgan fingerprint density at radius 3 is 2.44 bits per heavy atom. The van der Waals surface area contributed by atoms with Crippen LogP contribution in [-0.4, -0.2) is 46.1 Å². The van der Waals surface area contributed by atoms with Crippen LogP contribution in [0.3, 0.4) is 0 Å². The fourth-order valence-electron chi connectivity index (χ4n) is 3.89. The van der Waals surface area contributed by atoms with Crippen LogP contribution < -0.4 is 5.32 Å². The number of carbonyl (C=O) groups excluding carboxylic acids is 4. The van der Waals surface area contributed by atoms with Crippen molar-refractivity contribution < 1.29 is 19.2 Å². The Morgan fingerprint density at radius 2 is 1.78 bits per heavy atom. The molecule has 1 heterocycles. The van der Waals surface area contributed by atoms with Crippen molar-refractivity contribution in [2.75, 3.05) is 6.54 Å². The summed E-state index contributed by atoms with van der Waals surface area (Å²) in [5.74, 6) is -2.05. The van der Waals surface area contributed by atoms with E-state index in [0.717, 1.165) is 34.6 Å². The van der Waals surface area contributed by atoms with E-state index in [1.807, 2.05) is 44.2 Å². The molecule has 3 rings (SSSR count). The largest absolute Gasteiger partial charge is 0.348 e. The van der Waals surface area contributed by atoms with E-state index >= 15 is 0 Å². The van der Waals surface area contributed by atoms with Crippen molar-refractivity contribution in [3.63, 3.8) is 0 Å². The zero-order valence-corrected chi connectivity index (χ0v) is 15.7. The zero-order chi connectivity index (χ0) is 19.6. The molecule has 7 nitrogen and oxygen atoms in total. The molecule has 0 aromatic heterocycles. The summed E-state index contributed by atoms with van der Waals surface area (Å²) in [7, 11) is 0. The van der Waals surface area contributed by atoms with Crippen LogP contribution in [0, 0.1) is 5.92 Å². The Kier molecular flexibility index (Phi) is 5.58. The number of nitrogens with one attached hydrogen (secondary N) is 1. The van der Waals surface area contributed by atoms with E-state index in [0.29, 0.717) is 6.42 Å². The van der Waals surface area contributed by atoms with Crippen molar-refractivity contribution in [1.29, 1.82) is 0 Å². The maximum Gasteiger partial charge on any atom is 0.334 e. The highest BCUT2D eigenvalue weighted by molar-refractivity contribution is 6.45. The topological polar surface area (TPSA) is 86.8 Å². The quantitative estimate of drug-likeness (QED) is 0.635. The van der Waals surface area contributed by atoms with E-state index in [-0.39, 0.29) is 18.0 Å².